The van der Waals surface area contributed by atoms with Gasteiger partial charge in [0.15, 0.2) is 9.84 Å². The number of hydrogen-bond acceptors (Lipinski definition) is 5. The van der Waals surface area contributed by atoms with Gasteiger partial charge >= 0.3 is 0 Å². The summed E-state index contributed by atoms with van der Waals surface area (Å²) >= 11 is 0.903. The predicted molar refractivity (Wildman–Crippen MR) is 66.8 cm³/mol. The molecule has 2 atom stereocenters. The van der Waals surface area contributed by atoms with Crippen molar-refractivity contribution in [1.82, 2.24) is 0 Å². The number of thioether (sulfide) groups is 1. The van der Waals surface area contributed by atoms with Crippen LogP contribution in [0.4, 0.5) is 0 Å². The second-order valence-electron chi connectivity index (χ2n) is 3.95. The molecule has 0 spiro atoms. The Hall–Kier alpha value is -0.850. The molecule has 1 aliphatic heterocycles. The highest BCUT2D eigenvalue weighted by atomic mass is 32.2. The lowest BCUT2D eigenvalue weighted by molar-refractivity contribution is 0.108. The van der Waals surface area contributed by atoms with Gasteiger partial charge in [0.2, 0.25) is 5.12 Å². The summed E-state index contributed by atoms with van der Waals surface area (Å²) in [7, 11) is -3.20. The van der Waals surface area contributed by atoms with Gasteiger partial charge in [0.25, 0.3) is 0 Å². The van der Waals surface area contributed by atoms with Crippen molar-refractivity contribution in [2.75, 3.05) is 11.5 Å². The molecule has 0 aromatic heterocycles. The van der Waals surface area contributed by atoms with Gasteiger partial charge in [-0.05, 0) is 0 Å². The number of hydrogen-bond donors (Lipinski definition) is 1. The number of rotatable bonds is 2. The van der Waals surface area contributed by atoms with Crippen molar-refractivity contribution in [1.29, 1.82) is 0 Å². The Kier molecular flexibility index (Phi) is 3.56. The molecular weight excluding hydrogens is 260 g/mol. The molecule has 0 amide bonds. The largest absolute Gasteiger partial charge is 0.391 e. The van der Waals surface area contributed by atoms with E-state index < -0.39 is 21.2 Å². The van der Waals surface area contributed by atoms with E-state index in [1.165, 1.54) is 0 Å². The Balaban J connectivity index is 2.06. The first-order valence-electron chi connectivity index (χ1n) is 5.12. The minimum atomic E-state index is -3.20. The van der Waals surface area contributed by atoms with E-state index in [4.69, 9.17) is 0 Å². The second-order valence-corrected chi connectivity index (χ2v) is 7.32. The van der Waals surface area contributed by atoms with Gasteiger partial charge in [0, 0.05) is 5.56 Å². The Morgan fingerprint density at radius 2 is 1.88 bits per heavy atom. The summed E-state index contributed by atoms with van der Waals surface area (Å²) in [5.41, 5.74) is 0.522. The molecular formula is C11H12O4S2. The molecule has 1 fully saturated rings. The van der Waals surface area contributed by atoms with E-state index in [-0.39, 0.29) is 16.6 Å². The van der Waals surface area contributed by atoms with Gasteiger partial charge in [-0.15, -0.1) is 0 Å². The van der Waals surface area contributed by atoms with Gasteiger partial charge in [0.05, 0.1) is 22.9 Å². The van der Waals surface area contributed by atoms with E-state index >= 15 is 0 Å². The monoisotopic (exact) mass is 272 g/mol. The highest BCUT2D eigenvalue weighted by molar-refractivity contribution is 8.15. The van der Waals surface area contributed by atoms with Crippen molar-refractivity contribution < 1.29 is 18.3 Å². The van der Waals surface area contributed by atoms with Gasteiger partial charge < -0.3 is 5.11 Å². The molecule has 6 heteroatoms. The van der Waals surface area contributed by atoms with Crippen LogP contribution in [0, 0.1) is 0 Å². The Morgan fingerprint density at radius 3 is 2.41 bits per heavy atom. The normalized spacial score (nSPS) is 26.9. The van der Waals surface area contributed by atoms with Crippen LogP contribution in [0.5, 0.6) is 0 Å². The van der Waals surface area contributed by atoms with Crippen LogP contribution in [0.3, 0.4) is 0 Å². The summed E-state index contributed by atoms with van der Waals surface area (Å²) < 4.78 is 22.6. The van der Waals surface area contributed by atoms with E-state index in [0.29, 0.717) is 5.56 Å². The summed E-state index contributed by atoms with van der Waals surface area (Å²) in [5.74, 6) is -0.371. The maximum absolute atomic E-state index is 11.8. The first kappa shape index (κ1) is 12.6. The van der Waals surface area contributed by atoms with Crippen molar-refractivity contribution in [3.05, 3.63) is 35.9 Å². The van der Waals surface area contributed by atoms with Gasteiger partial charge in [-0.2, -0.15) is 0 Å². The Morgan fingerprint density at radius 1 is 1.24 bits per heavy atom. The van der Waals surface area contributed by atoms with Crippen molar-refractivity contribution in [3.8, 4) is 0 Å². The minimum absolute atomic E-state index is 0.128. The average molecular weight is 272 g/mol. The number of sulfone groups is 1. The molecule has 0 radical (unpaired) electrons. The van der Waals surface area contributed by atoms with Gasteiger partial charge in [0.1, 0.15) is 0 Å². The van der Waals surface area contributed by atoms with Gasteiger partial charge in [-0.1, -0.05) is 42.1 Å². The van der Waals surface area contributed by atoms with Crippen molar-refractivity contribution in [3.63, 3.8) is 0 Å². The molecule has 1 saturated heterocycles. The van der Waals surface area contributed by atoms with E-state index in [1.54, 1.807) is 30.3 Å². The minimum Gasteiger partial charge on any atom is -0.391 e. The lowest BCUT2D eigenvalue weighted by Gasteiger charge is -2.10. The predicted octanol–water partition coefficient (Wildman–Crippen LogP) is 0.718. The van der Waals surface area contributed by atoms with E-state index in [9.17, 15) is 18.3 Å². The van der Waals surface area contributed by atoms with Crippen LogP contribution in [-0.4, -0.2) is 41.5 Å². The number of aliphatic hydroxyl groups is 1. The molecule has 0 saturated carbocycles. The fraction of sp³-hybridized carbons (Fsp3) is 0.364. The van der Waals surface area contributed by atoms with Crippen LogP contribution in [-0.2, 0) is 9.84 Å². The quantitative estimate of drug-likeness (QED) is 0.859. The third-order valence-electron chi connectivity index (χ3n) is 2.54. The molecule has 1 N–H and O–H groups in total. The molecule has 2 rings (SSSR count). The molecule has 1 aromatic rings. The van der Waals surface area contributed by atoms with Crippen LogP contribution in [0.25, 0.3) is 0 Å². The summed E-state index contributed by atoms with van der Waals surface area (Å²) in [6, 6.07) is 8.64. The fourth-order valence-electron chi connectivity index (χ4n) is 1.69. The molecule has 17 heavy (non-hydrogen) atoms. The van der Waals surface area contributed by atoms with Gasteiger partial charge in [-0.25, -0.2) is 8.42 Å². The zero-order valence-electron chi connectivity index (χ0n) is 8.94. The topological polar surface area (TPSA) is 71.4 Å². The van der Waals surface area contributed by atoms with E-state index in [1.807, 2.05) is 0 Å². The highest BCUT2D eigenvalue weighted by Gasteiger charge is 2.38. The first-order valence-corrected chi connectivity index (χ1v) is 7.82. The fourth-order valence-corrected chi connectivity index (χ4v) is 5.12. The second kappa shape index (κ2) is 4.80. The molecule has 1 aliphatic rings. The standard InChI is InChI=1S/C11H12O4S2/c12-9-6-17(14,15)7-10(9)16-11(13)8-4-2-1-3-5-8/h1-5,9-10,12H,6-7H2/t9-,10-/m1/s1. The highest BCUT2D eigenvalue weighted by Crippen LogP contribution is 2.27. The summed E-state index contributed by atoms with van der Waals surface area (Å²) in [4.78, 5) is 11.8. The number of aliphatic hydroxyl groups excluding tert-OH is 1. The summed E-state index contributed by atoms with van der Waals surface area (Å²) in [6.07, 6.45) is -0.947. The first-order chi connectivity index (χ1) is 7.98. The van der Waals surface area contributed by atoms with E-state index in [2.05, 4.69) is 0 Å². The van der Waals surface area contributed by atoms with Crippen molar-refractivity contribution in [2.45, 2.75) is 11.4 Å². The van der Waals surface area contributed by atoms with Crippen LogP contribution >= 0.6 is 11.8 Å². The zero-order chi connectivity index (χ0) is 12.5. The maximum Gasteiger partial charge on any atom is 0.219 e. The zero-order valence-corrected chi connectivity index (χ0v) is 10.6. The van der Waals surface area contributed by atoms with Gasteiger partial charge in [-0.3, -0.25) is 4.79 Å². The molecule has 0 bridgehead atoms. The Bertz CT molecular complexity index is 510. The molecule has 4 nitrogen and oxygen atoms in total. The average Bonchev–Trinajstić information content (AvgIpc) is 2.53. The molecule has 92 valence electrons. The molecule has 0 unspecified atom stereocenters. The molecule has 0 aliphatic carbocycles. The van der Waals surface area contributed by atoms with Crippen LogP contribution in [0.15, 0.2) is 30.3 Å². The maximum atomic E-state index is 11.8. The summed E-state index contributed by atoms with van der Waals surface area (Å²) in [6.45, 7) is 0. The third-order valence-corrected chi connectivity index (χ3v) is 5.70. The van der Waals surface area contributed by atoms with Crippen LogP contribution in [0.2, 0.25) is 0 Å². The van der Waals surface area contributed by atoms with Crippen LogP contribution < -0.4 is 0 Å². The SMILES string of the molecule is O=C(S[C@@H]1CS(=O)(=O)C[C@H]1O)c1ccccc1. The van der Waals surface area contributed by atoms with E-state index in [0.717, 1.165) is 11.8 Å². The lowest BCUT2D eigenvalue weighted by atomic mass is 10.2. The number of benzene rings is 1. The Labute approximate surface area is 104 Å². The van der Waals surface area contributed by atoms with Crippen LogP contribution in [0.1, 0.15) is 10.4 Å². The van der Waals surface area contributed by atoms with Crippen molar-refractivity contribution in [2.24, 2.45) is 0 Å². The lowest BCUT2D eigenvalue weighted by Crippen LogP contribution is -2.21. The van der Waals surface area contributed by atoms with Crippen molar-refractivity contribution >= 4 is 26.7 Å². The third kappa shape index (κ3) is 3.08. The molecule has 1 heterocycles. The number of carbonyl (C=O) groups excluding carboxylic acids is 1. The molecule has 1 aromatic carbocycles. The smallest absolute Gasteiger partial charge is 0.219 e. The summed E-state index contributed by atoms with van der Waals surface area (Å²) in [5, 5.41) is 8.82. The number of carbonyl (C=O) groups is 1.